The molecule has 2 heterocycles. The van der Waals surface area contributed by atoms with Crippen LogP contribution < -0.4 is 5.32 Å². The molecule has 1 fully saturated rings. The zero-order valence-electron chi connectivity index (χ0n) is 12.5. The number of nitrogens with zero attached hydrogens (tertiary/aromatic N) is 1. The number of rotatable bonds is 3. The Morgan fingerprint density at radius 1 is 1.23 bits per heavy atom. The van der Waals surface area contributed by atoms with E-state index in [0.717, 1.165) is 38.9 Å². The molecule has 22 heavy (non-hydrogen) atoms. The Hall–Kier alpha value is -1.39. The molecule has 1 aromatic rings. The van der Waals surface area contributed by atoms with E-state index >= 15 is 0 Å². The number of carbonyl (C=O) groups is 1. The van der Waals surface area contributed by atoms with Crippen molar-refractivity contribution in [3.05, 3.63) is 47.8 Å². The Morgan fingerprint density at radius 3 is 2.50 bits per heavy atom. The van der Waals surface area contributed by atoms with Gasteiger partial charge < -0.3 is 4.90 Å². The number of hydrogen-bond acceptors (Lipinski definition) is 2. The topological polar surface area (TPSA) is 32.3 Å². The highest BCUT2D eigenvalue weighted by molar-refractivity contribution is 5.85. The van der Waals surface area contributed by atoms with E-state index in [1.807, 2.05) is 29.2 Å². The van der Waals surface area contributed by atoms with Gasteiger partial charge >= 0.3 is 0 Å². The number of piperidine rings is 1. The highest BCUT2D eigenvalue weighted by Gasteiger charge is 2.27. The van der Waals surface area contributed by atoms with Crippen molar-refractivity contribution in [1.82, 2.24) is 10.2 Å². The van der Waals surface area contributed by atoms with Gasteiger partial charge in [0.25, 0.3) is 0 Å². The first-order chi connectivity index (χ1) is 10.2. The maximum Gasteiger partial charge on any atom is 0.243 e. The molecule has 120 valence electrons. The fraction of sp³-hybridized carbons (Fsp3) is 0.471. The molecule has 0 bridgehead atoms. The molecule has 1 aromatic carbocycles. The van der Waals surface area contributed by atoms with Crippen LogP contribution in [-0.2, 0) is 11.2 Å². The van der Waals surface area contributed by atoms with Crippen LogP contribution in [0.15, 0.2) is 36.4 Å². The number of amides is 1. The second-order valence-corrected chi connectivity index (χ2v) is 5.91. The second-order valence-electron chi connectivity index (χ2n) is 5.91. The minimum atomic E-state index is -0.184. The first kappa shape index (κ1) is 17.0. The molecule has 0 saturated carbocycles. The van der Waals surface area contributed by atoms with Crippen molar-refractivity contribution in [3.63, 3.8) is 0 Å². The largest absolute Gasteiger partial charge is 0.341 e. The fourth-order valence-electron chi connectivity index (χ4n) is 3.14. The summed E-state index contributed by atoms with van der Waals surface area (Å²) in [7, 11) is 0. The molecule has 3 rings (SSSR count). The monoisotopic (exact) mass is 324 g/mol. The molecule has 0 aliphatic carbocycles. The molecule has 1 unspecified atom stereocenters. The van der Waals surface area contributed by atoms with Gasteiger partial charge in [-0.25, -0.2) is 4.39 Å². The normalized spacial score (nSPS) is 21.7. The summed E-state index contributed by atoms with van der Waals surface area (Å²) < 4.78 is 12.9. The van der Waals surface area contributed by atoms with E-state index in [4.69, 9.17) is 0 Å². The molecule has 5 heteroatoms. The molecule has 3 nitrogen and oxygen atoms in total. The molecular weight excluding hydrogens is 303 g/mol. The second kappa shape index (κ2) is 7.75. The van der Waals surface area contributed by atoms with E-state index in [0.29, 0.717) is 5.92 Å². The Bertz CT molecular complexity index is 524. The number of hydrogen-bond donors (Lipinski definition) is 1. The summed E-state index contributed by atoms with van der Waals surface area (Å²) in [4.78, 5) is 14.2. The van der Waals surface area contributed by atoms with Gasteiger partial charge in [-0.15, -0.1) is 12.4 Å². The Balaban J connectivity index is 0.00000176. The van der Waals surface area contributed by atoms with Crippen molar-refractivity contribution in [2.24, 2.45) is 5.92 Å². The van der Waals surface area contributed by atoms with Gasteiger partial charge in [-0.1, -0.05) is 24.3 Å². The average Bonchev–Trinajstić information content (AvgIpc) is 3.04. The predicted octanol–water partition coefficient (Wildman–Crippen LogP) is 2.56. The molecule has 2 aliphatic rings. The maximum absolute atomic E-state index is 12.9. The van der Waals surface area contributed by atoms with Gasteiger partial charge in [-0.05, 0) is 42.9 Å². The third kappa shape index (κ3) is 4.08. The van der Waals surface area contributed by atoms with Crippen molar-refractivity contribution in [1.29, 1.82) is 0 Å². The van der Waals surface area contributed by atoms with E-state index < -0.39 is 0 Å². The van der Waals surface area contributed by atoms with Crippen molar-refractivity contribution in [2.75, 3.05) is 19.6 Å². The average molecular weight is 325 g/mol. The molecule has 0 spiro atoms. The Labute approximate surface area is 137 Å². The van der Waals surface area contributed by atoms with Crippen LogP contribution in [0.25, 0.3) is 0 Å². The lowest BCUT2D eigenvalue weighted by atomic mass is 9.90. The smallest absolute Gasteiger partial charge is 0.243 e. The van der Waals surface area contributed by atoms with Crippen molar-refractivity contribution in [3.8, 4) is 0 Å². The third-order valence-corrected chi connectivity index (χ3v) is 4.41. The van der Waals surface area contributed by atoms with Gasteiger partial charge in [0.2, 0.25) is 5.91 Å². The highest BCUT2D eigenvalue weighted by Crippen LogP contribution is 2.22. The van der Waals surface area contributed by atoms with Crippen LogP contribution in [0, 0.1) is 11.7 Å². The lowest BCUT2D eigenvalue weighted by molar-refractivity contribution is -0.133. The summed E-state index contributed by atoms with van der Waals surface area (Å²) in [6.45, 7) is 2.45. The summed E-state index contributed by atoms with van der Waals surface area (Å²) in [5.74, 6) is 0.604. The molecule has 1 amide bonds. The standard InChI is InChI=1S/C17H21FN2O.ClH/c18-15-5-3-13(4-6-15)12-14-7-10-20(11-8-14)17(21)16-2-1-9-19-16;/h1-6,14,16,19H,7-12H2;1H. The number of nitrogens with one attached hydrogen (secondary N) is 1. The van der Waals surface area contributed by atoms with Crippen LogP contribution in [0.4, 0.5) is 4.39 Å². The minimum absolute atomic E-state index is 0. The minimum Gasteiger partial charge on any atom is -0.341 e. The van der Waals surface area contributed by atoms with Crippen molar-refractivity contribution >= 4 is 18.3 Å². The van der Waals surface area contributed by atoms with Crippen LogP contribution in [0.5, 0.6) is 0 Å². The van der Waals surface area contributed by atoms with E-state index in [1.54, 1.807) is 0 Å². The molecule has 0 aromatic heterocycles. The van der Waals surface area contributed by atoms with Gasteiger partial charge in [-0.3, -0.25) is 10.1 Å². The van der Waals surface area contributed by atoms with E-state index in [-0.39, 0.29) is 30.2 Å². The maximum atomic E-state index is 12.9. The van der Waals surface area contributed by atoms with Gasteiger partial charge in [0, 0.05) is 19.6 Å². The van der Waals surface area contributed by atoms with Crippen LogP contribution in [0.3, 0.4) is 0 Å². The molecule has 1 atom stereocenters. The quantitative estimate of drug-likeness (QED) is 0.867. The first-order valence-corrected chi connectivity index (χ1v) is 7.65. The summed E-state index contributed by atoms with van der Waals surface area (Å²) in [5, 5.41) is 3.17. The molecular formula is C17H22ClFN2O. The lowest BCUT2D eigenvalue weighted by Gasteiger charge is -2.33. The van der Waals surface area contributed by atoms with Gasteiger partial charge in [0.15, 0.2) is 0 Å². The predicted molar refractivity (Wildman–Crippen MR) is 87.6 cm³/mol. The van der Waals surface area contributed by atoms with Crippen LogP contribution in [-0.4, -0.2) is 36.5 Å². The van der Waals surface area contributed by atoms with E-state index in [1.165, 1.54) is 17.7 Å². The molecule has 2 aliphatic heterocycles. The van der Waals surface area contributed by atoms with Gasteiger partial charge in [0.1, 0.15) is 11.9 Å². The zero-order chi connectivity index (χ0) is 14.7. The van der Waals surface area contributed by atoms with Crippen molar-refractivity contribution < 1.29 is 9.18 Å². The zero-order valence-corrected chi connectivity index (χ0v) is 13.3. The van der Waals surface area contributed by atoms with Crippen LogP contribution in [0.2, 0.25) is 0 Å². The fourth-order valence-corrected chi connectivity index (χ4v) is 3.14. The summed E-state index contributed by atoms with van der Waals surface area (Å²) in [6, 6.07) is 6.64. The lowest BCUT2D eigenvalue weighted by Crippen LogP contribution is -2.47. The Kier molecular flexibility index (Phi) is 5.98. The first-order valence-electron chi connectivity index (χ1n) is 7.65. The van der Waals surface area contributed by atoms with Crippen molar-refractivity contribution in [2.45, 2.75) is 25.3 Å². The highest BCUT2D eigenvalue weighted by atomic mass is 35.5. The van der Waals surface area contributed by atoms with E-state index in [9.17, 15) is 9.18 Å². The number of carbonyl (C=O) groups excluding carboxylic acids is 1. The van der Waals surface area contributed by atoms with Gasteiger partial charge in [-0.2, -0.15) is 0 Å². The van der Waals surface area contributed by atoms with E-state index in [2.05, 4.69) is 5.32 Å². The molecule has 0 radical (unpaired) electrons. The number of likely N-dealkylation sites (tertiary alicyclic amines) is 1. The van der Waals surface area contributed by atoms with Gasteiger partial charge in [0.05, 0.1) is 0 Å². The van der Waals surface area contributed by atoms with Crippen LogP contribution >= 0.6 is 12.4 Å². The molecule has 1 N–H and O–H groups in total. The number of benzene rings is 1. The molecule has 1 saturated heterocycles. The number of halogens is 2. The third-order valence-electron chi connectivity index (χ3n) is 4.41. The summed E-state index contributed by atoms with van der Waals surface area (Å²) in [6.07, 6.45) is 6.99. The summed E-state index contributed by atoms with van der Waals surface area (Å²) in [5.41, 5.74) is 1.18. The van der Waals surface area contributed by atoms with Crippen LogP contribution in [0.1, 0.15) is 18.4 Å². The SMILES string of the molecule is Cl.O=C(C1C=CCN1)N1CCC(Cc2ccc(F)cc2)CC1. The Morgan fingerprint density at radius 2 is 1.91 bits per heavy atom. The summed E-state index contributed by atoms with van der Waals surface area (Å²) >= 11 is 0.